The smallest absolute Gasteiger partial charge is 0.0181 e. The lowest BCUT2D eigenvalue weighted by atomic mass is 10.2. The molecule has 68 valence electrons. The summed E-state index contributed by atoms with van der Waals surface area (Å²) < 4.78 is 0. The van der Waals surface area contributed by atoms with Crippen LogP contribution in [0.25, 0.3) is 0 Å². The molecule has 0 saturated heterocycles. The number of thioether (sulfide) groups is 1. The fourth-order valence-electron chi connectivity index (χ4n) is 1.28. The van der Waals surface area contributed by atoms with E-state index in [1.54, 1.807) is 0 Å². The van der Waals surface area contributed by atoms with E-state index in [1.807, 2.05) is 11.8 Å². The van der Waals surface area contributed by atoms with E-state index in [0.717, 1.165) is 11.8 Å². The summed E-state index contributed by atoms with van der Waals surface area (Å²) in [5.41, 5.74) is 0. The fraction of sp³-hybridized carbons (Fsp3) is 1.00. The van der Waals surface area contributed by atoms with Crippen LogP contribution in [-0.2, 0) is 0 Å². The highest BCUT2D eigenvalue weighted by Gasteiger charge is 2.12. The minimum absolute atomic E-state index is 0.699. The highest BCUT2D eigenvalue weighted by Crippen LogP contribution is 2.15. The Morgan fingerprint density at radius 3 is 2.27 bits per heavy atom. The van der Waals surface area contributed by atoms with Crippen LogP contribution in [0.3, 0.4) is 0 Å². The zero-order valence-electron chi connectivity index (χ0n) is 8.18. The maximum Gasteiger partial charge on any atom is 0.0181 e. The van der Waals surface area contributed by atoms with Crippen molar-refractivity contribution in [2.24, 2.45) is 0 Å². The molecule has 1 nitrogen and oxygen atoms in total. The Morgan fingerprint density at radius 1 is 1.27 bits per heavy atom. The van der Waals surface area contributed by atoms with Crippen LogP contribution in [0.4, 0.5) is 0 Å². The second kappa shape index (κ2) is 6.99. The van der Waals surface area contributed by atoms with Gasteiger partial charge in [0.2, 0.25) is 0 Å². The summed E-state index contributed by atoms with van der Waals surface area (Å²) in [5.74, 6) is 1.23. The number of hydrogen-bond acceptors (Lipinski definition) is 2. The lowest BCUT2D eigenvalue weighted by molar-refractivity contribution is 0.509. The van der Waals surface area contributed by atoms with Crippen LogP contribution in [0.15, 0.2) is 0 Å². The Hall–Kier alpha value is 0.310. The predicted octanol–water partition coefficient (Wildman–Crippen LogP) is 2.52. The normalized spacial score (nSPS) is 16.4. The summed E-state index contributed by atoms with van der Waals surface area (Å²) in [5, 5.41) is 4.25. The third-order valence-corrected chi connectivity index (χ3v) is 3.09. The van der Waals surface area contributed by atoms with Gasteiger partial charge in [-0.05, 0) is 18.7 Å². The summed E-state index contributed by atoms with van der Waals surface area (Å²) in [6, 6.07) is 0.699. The van der Waals surface area contributed by atoms with Gasteiger partial charge >= 0.3 is 0 Å². The Labute approximate surface area is 75.3 Å². The van der Waals surface area contributed by atoms with Crippen molar-refractivity contribution in [1.82, 2.24) is 5.32 Å². The average molecular weight is 175 g/mol. The average Bonchev–Trinajstić information content (AvgIpc) is 2.00. The third kappa shape index (κ3) is 4.70. The summed E-state index contributed by atoms with van der Waals surface area (Å²) in [7, 11) is 0. The summed E-state index contributed by atoms with van der Waals surface area (Å²) in [6.45, 7) is 10.0. The van der Waals surface area contributed by atoms with E-state index in [-0.39, 0.29) is 0 Å². The zero-order valence-corrected chi connectivity index (χ0v) is 9.00. The van der Waals surface area contributed by atoms with E-state index in [1.165, 1.54) is 12.2 Å². The molecule has 0 bridgehead atoms. The second-order valence-electron chi connectivity index (χ2n) is 2.73. The maximum absolute atomic E-state index is 3.50. The van der Waals surface area contributed by atoms with Gasteiger partial charge in [0.05, 0.1) is 0 Å². The molecule has 11 heavy (non-hydrogen) atoms. The van der Waals surface area contributed by atoms with Crippen molar-refractivity contribution in [3.05, 3.63) is 0 Å². The topological polar surface area (TPSA) is 12.0 Å². The van der Waals surface area contributed by atoms with Crippen molar-refractivity contribution in [3.63, 3.8) is 0 Å². The first-order valence-electron chi connectivity index (χ1n) is 4.61. The minimum Gasteiger partial charge on any atom is -0.313 e. The molecular weight excluding hydrogens is 154 g/mol. The molecule has 0 rings (SSSR count). The fourth-order valence-corrected chi connectivity index (χ4v) is 2.33. The van der Waals surface area contributed by atoms with Gasteiger partial charge in [0.1, 0.15) is 0 Å². The molecule has 2 heteroatoms. The molecule has 0 saturated carbocycles. The summed E-state index contributed by atoms with van der Waals surface area (Å²) >= 11 is 2.04. The molecular formula is C9H21NS. The van der Waals surface area contributed by atoms with E-state index in [2.05, 4.69) is 33.0 Å². The van der Waals surface area contributed by atoms with Crippen LogP contribution >= 0.6 is 11.8 Å². The zero-order chi connectivity index (χ0) is 8.69. The Kier molecular flexibility index (Phi) is 7.18. The Morgan fingerprint density at radius 2 is 1.91 bits per heavy atom. The minimum atomic E-state index is 0.699. The van der Waals surface area contributed by atoms with Crippen molar-refractivity contribution < 1.29 is 0 Å². The van der Waals surface area contributed by atoms with Gasteiger partial charge in [0.25, 0.3) is 0 Å². The molecule has 0 aliphatic rings. The molecule has 0 aromatic heterocycles. The van der Waals surface area contributed by atoms with Gasteiger partial charge in [-0.3, -0.25) is 0 Å². The molecule has 0 heterocycles. The number of rotatable bonds is 6. The van der Waals surface area contributed by atoms with Gasteiger partial charge in [0, 0.05) is 11.3 Å². The molecule has 0 spiro atoms. The monoisotopic (exact) mass is 175 g/mol. The van der Waals surface area contributed by atoms with Crippen LogP contribution in [0.1, 0.15) is 34.1 Å². The van der Waals surface area contributed by atoms with Gasteiger partial charge in [0.15, 0.2) is 0 Å². The highest BCUT2D eigenvalue weighted by molar-refractivity contribution is 7.99. The van der Waals surface area contributed by atoms with Crippen molar-refractivity contribution in [2.45, 2.75) is 45.4 Å². The molecule has 0 fully saturated rings. The first-order chi connectivity index (χ1) is 5.26. The van der Waals surface area contributed by atoms with Crippen molar-refractivity contribution in [3.8, 4) is 0 Å². The van der Waals surface area contributed by atoms with E-state index in [9.17, 15) is 0 Å². The molecule has 0 amide bonds. The molecule has 0 aliphatic carbocycles. The lowest BCUT2D eigenvalue weighted by Crippen LogP contribution is -2.36. The first-order valence-corrected chi connectivity index (χ1v) is 5.66. The van der Waals surface area contributed by atoms with Gasteiger partial charge in [-0.15, -0.1) is 0 Å². The van der Waals surface area contributed by atoms with Crippen LogP contribution in [0, 0.1) is 0 Å². The van der Waals surface area contributed by atoms with Crippen LogP contribution in [0.5, 0.6) is 0 Å². The Balaban J connectivity index is 3.61. The van der Waals surface area contributed by atoms with Crippen LogP contribution in [-0.4, -0.2) is 23.6 Å². The number of nitrogens with one attached hydrogen (secondary N) is 1. The molecule has 2 atom stereocenters. The standard InChI is InChI=1S/C9H21NS/c1-5-9(10-6-2)8(4)11-7-3/h8-10H,5-7H2,1-4H3. The van der Waals surface area contributed by atoms with E-state index < -0.39 is 0 Å². The van der Waals surface area contributed by atoms with Crippen LogP contribution in [0.2, 0.25) is 0 Å². The van der Waals surface area contributed by atoms with E-state index >= 15 is 0 Å². The van der Waals surface area contributed by atoms with Crippen molar-refractivity contribution in [1.29, 1.82) is 0 Å². The summed E-state index contributed by atoms with van der Waals surface area (Å²) in [6.07, 6.45) is 1.24. The van der Waals surface area contributed by atoms with E-state index in [4.69, 9.17) is 0 Å². The summed E-state index contributed by atoms with van der Waals surface area (Å²) in [4.78, 5) is 0. The van der Waals surface area contributed by atoms with E-state index in [0.29, 0.717) is 6.04 Å². The molecule has 0 aromatic carbocycles. The Bertz CT molecular complexity index is 85.6. The second-order valence-corrected chi connectivity index (χ2v) is 4.39. The molecule has 2 unspecified atom stereocenters. The molecule has 0 aromatic rings. The van der Waals surface area contributed by atoms with Gasteiger partial charge < -0.3 is 5.32 Å². The van der Waals surface area contributed by atoms with Gasteiger partial charge in [-0.2, -0.15) is 11.8 Å². The van der Waals surface area contributed by atoms with Crippen molar-refractivity contribution >= 4 is 11.8 Å². The SMILES string of the molecule is CCNC(CC)C(C)SCC. The molecule has 0 aliphatic heterocycles. The quantitative estimate of drug-likeness (QED) is 0.666. The first kappa shape index (κ1) is 11.3. The van der Waals surface area contributed by atoms with Gasteiger partial charge in [-0.25, -0.2) is 0 Å². The molecule has 1 N–H and O–H groups in total. The van der Waals surface area contributed by atoms with Gasteiger partial charge in [-0.1, -0.05) is 27.7 Å². The highest BCUT2D eigenvalue weighted by atomic mass is 32.2. The van der Waals surface area contributed by atoms with Crippen molar-refractivity contribution in [2.75, 3.05) is 12.3 Å². The molecule has 0 radical (unpaired) electrons. The maximum atomic E-state index is 3.50. The lowest BCUT2D eigenvalue weighted by Gasteiger charge is -2.22. The predicted molar refractivity (Wildman–Crippen MR) is 55.3 cm³/mol. The number of hydrogen-bond donors (Lipinski definition) is 1. The van der Waals surface area contributed by atoms with Crippen LogP contribution < -0.4 is 5.32 Å². The third-order valence-electron chi connectivity index (χ3n) is 1.90. The largest absolute Gasteiger partial charge is 0.313 e.